The molecule has 0 bridgehead atoms. The van der Waals surface area contributed by atoms with E-state index in [1.54, 1.807) is 35.1 Å². The summed E-state index contributed by atoms with van der Waals surface area (Å²) in [6.07, 6.45) is 0. The Morgan fingerprint density at radius 2 is 2.14 bits per heavy atom. The summed E-state index contributed by atoms with van der Waals surface area (Å²) in [7, 11) is 0. The van der Waals surface area contributed by atoms with E-state index in [1.165, 1.54) is 23.9 Å². The van der Waals surface area contributed by atoms with Gasteiger partial charge in [0, 0.05) is 16.3 Å². The van der Waals surface area contributed by atoms with Gasteiger partial charge in [-0.25, -0.2) is 13.9 Å². The number of fused-ring (bicyclic) bond motifs is 1. The van der Waals surface area contributed by atoms with E-state index in [0.717, 1.165) is 10.4 Å². The van der Waals surface area contributed by atoms with Crippen LogP contribution in [-0.2, 0) is 15.3 Å². The van der Waals surface area contributed by atoms with Crippen molar-refractivity contribution in [1.82, 2.24) is 14.8 Å². The number of hydrogen-bond acceptors (Lipinski definition) is 7. The summed E-state index contributed by atoms with van der Waals surface area (Å²) in [6, 6.07) is 9.90. The topological polar surface area (TPSA) is 69.0 Å². The minimum atomic E-state index is -0.391. The van der Waals surface area contributed by atoms with Gasteiger partial charge in [0.15, 0.2) is 0 Å². The number of esters is 1. The molecule has 3 heterocycles. The first kappa shape index (κ1) is 19.7. The zero-order chi connectivity index (χ0) is 20.4. The predicted octanol–water partition coefficient (Wildman–Crippen LogP) is 4.62. The Hall–Kier alpha value is -2.65. The summed E-state index contributed by atoms with van der Waals surface area (Å²) in [6.45, 7) is 3.93. The van der Waals surface area contributed by atoms with Crippen LogP contribution < -0.4 is 5.32 Å². The Bertz CT molecular complexity index is 1050. The first-order valence-electron chi connectivity index (χ1n) is 9.09. The third-order valence-electron chi connectivity index (χ3n) is 4.42. The van der Waals surface area contributed by atoms with Crippen molar-refractivity contribution in [2.24, 2.45) is 0 Å². The van der Waals surface area contributed by atoms with E-state index in [9.17, 15) is 9.18 Å². The molecule has 1 aliphatic heterocycles. The minimum absolute atomic E-state index is 0.259. The molecule has 2 aromatic heterocycles. The molecule has 6 nitrogen and oxygen atoms in total. The van der Waals surface area contributed by atoms with E-state index in [2.05, 4.69) is 15.4 Å². The second-order valence-corrected chi connectivity index (χ2v) is 8.30. The lowest BCUT2D eigenvalue weighted by molar-refractivity contribution is -0.139. The van der Waals surface area contributed by atoms with Crippen molar-refractivity contribution in [2.75, 3.05) is 11.9 Å². The van der Waals surface area contributed by atoms with Crippen molar-refractivity contribution in [2.45, 2.75) is 30.8 Å². The van der Waals surface area contributed by atoms with E-state index < -0.39 is 6.04 Å². The van der Waals surface area contributed by atoms with Crippen molar-refractivity contribution in [1.29, 1.82) is 0 Å². The Morgan fingerprint density at radius 3 is 2.83 bits per heavy atom. The number of hydrogen-bond donors (Lipinski definition) is 1. The van der Waals surface area contributed by atoms with E-state index in [1.807, 2.05) is 24.4 Å². The van der Waals surface area contributed by atoms with Crippen LogP contribution in [0.4, 0.5) is 10.3 Å². The predicted molar refractivity (Wildman–Crippen MR) is 111 cm³/mol. The van der Waals surface area contributed by atoms with Gasteiger partial charge in [-0.3, -0.25) is 0 Å². The van der Waals surface area contributed by atoms with Crippen molar-refractivity contribution in [3.05, 3.63) is 69.3 Å². The summed E-state index contributed by atoms with van der Waals surface area (Å²) >= 11 is 3.01. The third kappa shape index (κ3) is 4.06. The molecule has 1 atom stereocenters. The molecule has 1 N–H and O–H groups in total. The normalized spacial score (nSPS) is 15.8. The maximum Gasteiger partial charge on any atom is 0.338 e. The third-order valence-corrected chi connectivity index (χ3v) is 6.26. The molecule has 9 heteroatoms. The molecule has 0 unspecified atom stereocenters. The van der Waals surface area contributed by atoms with E-state index in [4.69, 9.17) is 4.74 Å². The lowest BCUT2D eigenvalue weighted by Crippen LogP contribution is -2.29. The number of nitrogens with zero attached hydrogens (tertiary/aromatic N) is 3. The van der Waals surface area contributed by atoms with Crippen LogP contribution in [0.3, 0.4) is 0 Å². The maximum atomic E-state index is 13.1. The van der Waals surface area contributed by atoms with E-state index in [-0.39, 0.29) is 11.8 Å². The van der Waals surface area contributed by atoms with Crippen LogP contribution in [0.5, 0.6) is 0 Å². The number of halogens is 1. The average molecular weight is 431 g/mol. The van der Waals surface area contributed by atoms with Gasteiger partial charge < -0.3 is 10.1 Å². The fourth-order valence-electron chi connectivity index (χ4n) is 3.10. The lowest BCUT2D eigenvalue weighted by Gasteiger charge is -2.26. The maximum absolute atomic E-state index is 13.1. The van der Waals surface area contributed by atoms with Gasteiger partial charge >= 0.3 is 5.97 Å². The summed E-state index contributed by atoms with van der Waals surface area (Å²) in [5, 5.41) is 10.4. The number of anilines is 1. The number of nitrogens with one attached hydrogen (secondary N) is 1. The number of ether oxygens (including phenoxy) is 1. The van der Waals surface area contributed by atoms with Crippen LogP contribution >= 0.6 is 23.1 Å². The standard InChI is InChI=1S/C20H19FN4O2S2/c1-3-27-18(26)16-12(2)22-19-23-20(29-11-13-6-8-14(21)9-7-13)24-25(19)17(16)15-5-4-10-28-15/h4-10,17H,3,11H2,1-2H3,(H,22,23,24)/t17-/m0/s1. The highest BCUT2D eigenvalue weighted by atomic mass is 32.2. The van der Waals surface area contributed by atoms with Crippen molar-refractivity contribution in [3.8, 4) is 0 Å². The van der Waals surface area contributed by atoms with Gasteiger partial charge in [0.1, 0.15) is 11.9 Å². The number of carbonyl (C=O) groups excluding carboxylic acids is 1. The monoisotopic (exact) mass is 430 g/mol. The number of aromatic nitrogens is 3. The average Bonchev–Trinajstić information content (AvgIpc) is 3.36. The lowest BCUT2D eigenvalue weighted by atomic mass is 10.0. The highest BCUT2D eigenvalue weighted by Crippen LogP contribution is 2.38. The molecule has 0 radical (unpaired) electrons. The Balaban J connectivity index is 1.64. The van der Waals surface area contributed by atoms with Crippen molar-refractivity contribution in [3.63, 3.8) is 0 Å². The number of thiophene rings is 1. The first-order valence-corrected chi connectivity index (χ1v) is 11.0. The van der Waals surface area contributed by atoms with Gasteiger partial charge in [-0.05, 0) is 43.0 Å². The molecule has 4 rings (SSSR count). The second-order valence-electron chi connectivity index (χ2n) is 6.38. The highest BCUT2D eigenvalue weighted by molar-refractivity contribution is 7.98. The molecule has 29 heavy (non-hydrogen) atoms. The van der Waals surface area contributed by atoms with Gasteiger partial charge in [-0.15, -0.1) is 16.4 Å². The van der Waals surface area contributed by atoms with Crippen molar-refractivity contribution >= 4 is 35.0 Å². The van der Waals surface area contributed by atoms with Crippen molar-refractivity contribution < 1.29 is 13.9 Å². The highest BCUT2D eigenvalue weighted by Gasteiger charge is 2.35. The summed E-state index contributed by atoms with van der Waals surface area (Å²) in [5.41, 5.74) is 2.21. The zero-order valence-corrected chi connectivity index (χ0v) is 17.5. The van der Waals surface area contributed by atoms with Gasteiger partial charge in [0.05, 0.1) is 12.2 Å². The smallest absolute Gasteiger partial charge is 0.338 e. The Kier molecular flexibility index (Phi) is 5.68. The molecular formula is C20H19FN4O2S2. The quantitative estimate of drug-likeness (QED) is 0.455. The molecule has 0 aliphatic carbocycles. The number of allylic oxidation sites excluding steroid dienone is 1. The van der Waals surface area contributed by atoms with Gasteiger partial charge in [0.2, 0.25) is 11.1 Å². The van der Waals surface area contributed by atoms with Gasteiger partial charge in [-0.2, -0.15) is 4.98 Å². The van der Waals surface area contributed by atoms with E-state index >= 15 is 0 Å². The molecule has 3 aromatic rings. The second kappa shape index (κ2) is 8.38. The molecule has 1 aliphatic rings. The van der Waals surface area contributed by atoms with Crippen LogP contribution in [0, 0.1) is 5.82 Å². The number of benzene rings is 1. The SMILES string of the molecule is CCOC(=O)C1=C(C)Nc2nc(SCc3ccc(F)cc3)nn2[C@H]1c1cccs1. The first-order chi connectivity index (χ1) is 14.1. The molecule has 0 saturated carbocycles. The largest absolute Gasteiger partial charge is 0.463 e. The number of thioether (sulfide) groups is 1. The van der Waals surface area contributed by atoms with Crippen LogP contribution in [0.25, 0.3) is 0 Å². The molecule has 0 saturated heterocycles. The fourth-order valence-corrected chi connectivity index (χ4v) is 4.71. The van der Waals surface area contributed by atoms with Crippen LogP contribution in [0.15, 0.2) is 58.2 Å². The Morgan fingerprint density at radius 1 is 1.34 bits per heavy atom. The number of rotatable bonds is 6. The van der Waals surface area contributed by atoms with Gasteiger partial charge in [-0.1, -0.05) is 30.0 Å². The molecular weight excluding hydrogens is 411 g/mol. The van der Waals surface area contributed by atoms with Crippen LogP contribution in [-0.4, -0.2) is 27.3 Å². The minimum Gasteiger partial charge on any atom is -0.463 e. The fraction of sp³-hybridized carbons (Fsp3) is 0.250. The molecule has 0 spiro atoms. The summed E-state index contributed by atoms with van der Waals surface area (Å²) in [5.74, 6) is 0.573. The molecule has 0 fully saturated rings. The Labute approximate surface area is 175 Å². The van der Waals surface area contributed by atoms with E-state index in [0.29, 0.717) is 34.7 Å². The number of carbonyl (C=O) groups is 1. The summed E-state index contributed by atoms with van der Waals surface area (Å²) < 4.78 is 20.1. The van der Waals surface area contributed by atoms with Crippen LogP contribution in [0.1, 0.15) is 30.3 Å². The zero-order valence-electron chi connectivity index (χ0n) is 15.9. The molecule has 0 amide bonds. The van der Waals surface area contributed by atoms with Gasteiger partial charge in [0.25, 0.3) is 0 Å². The summed E-state index contributed by atoms with van der Waals surface area (Å²) in [4.78, 5) is 18.2. The molecule has 1 aromatic carbocycles. The molecule has 150 valence electrons. The van der Waals surface area contributed by atoms with Crippen LogP contribution in [0.2, 0.25) is 0 Å².